The second-order valence-electron chi connectivity index (χ2n) is 13.5. The molecule has 0 spiro atoms. The minimum absolute atomic E-state index is 0.284. The lowest BCUT2D eigenvalue weighted by Crippen LogP contribution is -2.60. The molecule has 0 radical (unpaired) electrons. The molecular formula is C40H71NO9. The summed E-state index contributed by atoms with van der Waals surface area (Å²) in [7, 11) is 0. The minimum atomic E-state index is -1.62. The lowest BCUT2D eigenvalue weighted by atomic mass is 9.99. The lowest BCUT2D eigenvalue weighted by molar-refractivity contribution is -0.302. The fraction of sp³-hybridized carbons (Fsp3) is 0.775. The van der Waals surface area contributed by atoms with Crippen LogP contribution in [0.4, 0.5) is 0 Å². The van der Waals surface area contributed by atoms with Crippen LogP contribution in [0.15, 0.2) is 48.6 Å². The fourth-order valence-electron chi connectivity index (χ4n) is 5.66. The maximum Gasteiger partial charge on any atom is 0.249 e. The van der Waals surface area contributed by atoms with Gasteiger partial charge in [-0.05, 0) is 70.6 Å². The van der Waals surface area contributed by atoms with Crippen LogP contribution in [0, 0.1) is 0 Å². The van der Waals surface area contributed by atoms with E-state index in [-0.39, 0.29) is 13.0 Å². The van der Waals surface area contributed by atoms with Gasteiger partial charge >= 0.3 is 0 Å². The van der Waals surface area contributed by atoms with Crippen molar-refractivity contribution in [3.05, 3.63) is 48.6 Å². The highest BCUT2D eigenvalue weighted by Crippen LogP contribution is 2.22. The van der Waals surface area contributed by atoms with Gasteiger partial charge < -0.3 is 45.4 Å². The van der Waals surface area contributed by atoms with E-state index >= 15 is 0 Å². The topological polar surface area (TPSA) is 169 Å². The summed E-state index contributed by atoms with van der Waals surface area (Å²) in [6, 6.07) is -1.01. The van der Waals surface area contributed by atoms with Crippen molar-refractivity contribution >= 4 is 5.91 Å². The molecular weight excluding hydrogens is 638 g/mol. The van der Waals surface area contributed by atoms with E-state index in [2.05, 4.69) is 55.6 Å². The highest BCUT2D eigenvalue weighted by molar-refractivity contribution is 5.80. The SMILES string of the molecule is CCCCC/C=C\CCCCCCC(O)C(=O)NC(COC1OC(CO)C(O)C(O)C1O)C(O)/C=C/CC/C=C/CC/C=C/CCCCCC. The summed E-state index contributed by atoms with van der Waals surface area (Å²) in [6.45, 7) is 3.48. The van der Waals surface area contributed by atoms with E-state index in [9.17, 15) is 35.4 Å². The lowest BCUT2D eigenvalue weighted by Gasteiger charge is -2.40. The number of carbonyl (C=O) groups excluding carboxylic acids is 1. The summed E-state index contributed by atoms with van der Waals surface area (Å²) in [5, 5.41) is 64.2. The first kappa shape index (κ1) is 46.1. The van der Waals surface area contributed by atoms with Gasteiger partial charge in [-0.25, -0.2) is 0 Å². The van der Waals surface area contributed by atoms with Crippen LogP contribution < -0.4 is 5.32 Å². The molecule has 0 aromatic carbocycles. The summed E-state index contributed by atoms with van der Waals surface area (Å²) in [5.41, 5.74) is 0. The van der Waals surface area contributed by atoms with Crippen LogP contribution in [0.5, 0.6) is 0 Å². The number of ether oxygens (including phenoxy) is 2. The highest BCUT2D eigenvalue weighted by atomic mass is 16.7. The van der Waals surface area contributed by atoms with Gasteiger partial charge in [0.1, 0.15) is 30.5 Å². The van der Waals surface area contributed by atoms with E-state index in [1.807, 2.05) is 6.08 Å². The number of hydrogen-bond acceptors (Lipinski definition) is 9. The molecule has 10 nitrogen and oxygen atoms in total. The first-order valence-corrected chi connectivity index (χ1v) is 19.5. The molecule has 1 aliphatic rings. The van der Waals surface area contributed by atoms with E-state index in [0.717, 1.165) is 57.8 Å². The Morgan fingerprint density at radius 3 is 1.76 bits per heavy atom. The molecule has 1 heterocycles. The van der Waals surface area contributed by atoms with Crippen LogP contribution in [0.2, 0.25) is 0 Å². The third kappa shape index (κ3) is 21.5. The minimum Gasteiger partial charge on any atom is -0.394 e. The molecule has 1 aliphatic heterocycles. The van der Waals surface area contributed by atoms with Crippen molar-refractivity contribution in [3.8, 4) is 0 Å². The van der Waals surface area contributed by atoms with Gasteiger partial charge in [-0.3, -0.25) is 4.79 Å². The number of aliphatic hydroxyl groups is 6. The van der Waals surface area contributed by atoms with E-state index in [1.54, 1.807) is 6.08 Å². The Hall–Kier alpha value is -1.89. The van der Waals surface area contributed by atoms with Crippen molar-refractivity contribution < 1.29 is 44.9 Å². The summed E-state index contributed by atoms with van der Waals surface area (Å²) >= 11 is 0. The second-order valence-corrected chi connectivity index (χ2v) is 13.5. The standard InChI is InChI=1S/C40H71NO9/c1-3-5-7-9-11-13-15-16-17-19-20-22-24-26-28-33(43)32(31-49-40-38(47)37(46)36(45)35(30-42)50-40)41-39(48)34(44)29-27-25-23-21-18-14-12-10-8-6-4-2/h12-15,19-20,26,28,32-38,40,42-47H,3-11,16-18,21-25,27,29-31H2,1-2H3,(H,41,48)/b14-12-,15-13+,20-19+,28-26+. The molecule has 7 N–H and O–H groups in total. The van der Waals surface area contributed by atoms with Crippen LogP contribution in [-0.4, -0.2) is 98.7 Å². The zero-order chi connectivity index (χ0) is 36.8. The van der Waals surface area contributed by atoms with Gasteiger partial charge in [0, 0.05) is 0 Å². The van der Waals surface area contributed by atoms with Crippen LogP contribution in [0.1, 0.15) is 136 Å². The first-order chi connectivity index (χ1) is 24.3. The summed E-state index contributed by atoms with van der Waals surface area (Å²) < 4.78 is 11.1. The zero-order valence-corrected chi connectivity index (χ0v) is 31.0. The predicted molar refractivity (Wildman–Crippen MR) is 199 cm³/mol. The van der Waals surface area contributed by atoms with Crippen molar-refractivity contribution in [1.82, 2.24) is 5.32 Å². The quantitative estimate of drug-likeness (QED) is 0.0366. The Kier molecular flexibility index (Phi) is 28.3. The van der Waals surface area contributed by atoms with Gasteiger partial charge in [0.25, 0.3) is 0 Å². The van der Waals surface area contributed by atoms with Crippen molar-refractivity contribution in [2.45, 2.75) is 185 Å². The highest BCUT2D eigenvalue weighted by Gasteiger charge is 2.44. The third-order valence-corrected chi connectivity index (χ3v) is 8.96. The van der Waals surface area contributed by atoms with Crippen molar-refractivity contribution in [2.24, 2.45) is 0 Å². The number of hydrogen-bond donors (Lipinski definition) is 7. The molecule has 1 saturated heterocycles. The van der Waals surface area contributed by atoms with Crippen molar-refractivity contribution in [1.29, 1.82) is 0 Å². The number of allylic oxidation sites excluding steroid dienone is 7. The Morgan fingerprint density at radius 2 is 1.18 bits per heavy atom. The van der Waals surface area contributed by atoms with E-state index < -0.39 is 61.5 Å². The number of amides is 1. The monoisotopic (exact) mass is 710 g/mol. The zero-order valence-electron chi connectivity index (χ0n) is 31.0. The first-order valence-electron chi connectivity index (χ1n) is 19.5. The van der Waals surface area contributed by atoms with Gasteiger partial charge in [0.2, 0.25) is 5.91 Å². The molecule has 0 aromatic heterocycles. The Morgan fingerprint density at radius 1 is 0.680 bits per heavy atom. The van der Waals surface area contributed by atoms with E-state index in [1.165, 1.54) is 44.9 Å². The molecule has 10 heteroatoms. The molecule has 0 bridgehead atoms. The van der Waals surface area contributed by atoms with E-state index in [4.69, 9.17) is 9.47 Å². The van der Waals surface area contributed by atoms with Crippen LogP contribution in [0.25, 0.3) is 0 Å². The molecule has 50 heavy (non-hydrogen) atoms. The van der Waals surface area contributed by atoms with Crippen LogP contribution in [0.3, 0.4) is 0 Å². The van der Waals surface area contributed by atoms with Crippen LogP contribution >= 0.6 is 0 Å². The second kappa shape index (κ2) is 30.7. The Labute approximate surface area is 302 Å². The largest absolute Gasteiger partial charge is 0.394 e. The van der Waals surface area contributed by atoms with Gasteiger partial charge in [0.05, 0.1) is 25.4 Å². The Bertz CT molecular complexity index is 938. The molecule has 1 rings (SSSR count). The third-order valence-electron chi connectivity index (χ3n) is 8.96. The Balaban J connectivity index is 2.59. The molecule has 0 aromatic rings. The fourth-order valence-corrected chi connectivity index (χ4v) is 5.66. The number of aliphatic hydroxyl groups excluding tert-OH is 6. The average molecular weight is 710 g/mol. The number of unbranched alkanes of at least 4 members (excludes halogenated alkanes) is 13. The molecule has 1 amide bonds. The summed E-state index contributed by atoms with van der Waals surface area (Å²) in [6.07, 6.45) is 26.3. The molecule has 290 valence electrons. The van der Waals surface area contributed by atoms with Crippen molar-refractivity contribution in [3.63, 3.8) is 0 Å². The summed E-state index contributed by atoms with van der Waals surface area (Å²) in [4.78, 5) is 12.9. The molecule has 8 unspecified atom stereocenters. The molecule has 8 atom stereocenters. The van der Waals surface area contributed by atoms with Gasteiger partial charge in [-0.15, -0.1) is 0 Å². The molecule has 0 saturated carbocycles. The van der Waals surface area contributed by atoms with Gasteiger partial charge in [-0.2, -0.15) is 0 Å². The average Bonchev–Trinajstić information content (AvgIpc) is 3.11. The molecule has 0 aliphatic carbocycles. The number of nitrogens with one attached hydrogen (secondary N) is 1. The van der Waals surface area contributed by atoms with Crippen molar-refractivity contribution in [2.75, 3.05) is 13.2 Å². The maximum absolute atomic E-state index is 12.9. The predicted octanol–water partition coefficient (Wildman–Crippen LogP) is 5.69. The normalized spacial score (nSPS) is 23.4. The van der Waals surface area contributed by atoms with Gasteiger partial charge in [-0.1, -0.05) is 114 Å². The van der Waals surface area contributed by atoms with Gasteiger partial charge in [0.15, 0.2) is 6.29 Å². The van der Waals surface area contributed by atoms with E-state index in [0.29, 0.717) is 12.8 Å². The maximum atomic E-state index is 12.9. The molecule has 1 fully saturated rings. The number of carbonyl (C=O) groups is 1. The van der Waals surface area contributed by atoms with Crippen LogP contribution in [-0.2, 0) is 14.3 Å². The summed E-state index contributed by atoms with van der Waals surface area (Å²) in [5.74, 6) is -0.646. The number of rotatable bonds is 30. The smallest absolute Gasteiger partial charge is 0.249 e.